The van der Waals surface area contributed by atoms with E-state index in [-0.39, 0.29) is 0 Å². The van der Waals surface area contributed by atoms with Gasteiger partial charge in [-0.3, -0.25) is 0 Å². The molecule has 0 unspecified atom stereocenters. The molecule has 0 atom stereocenters. The molecule has 0 radical (unpaired) electrons. The molecule has 1 aromatic rings. The van der Waals surface area contributed by atoms with Crippen molar-refractivity contribution in [3.8, 4) is 0 Å². The van der Waals surface area contributed by atoms with Gasteiger partial charge in [-0.25, -0.2) is 0 Å². The summed E-state index contributed by atoms with van der Waals surface area (Å²) in [5, 5.41) is 0. The van der Waals surface area contributed by atoms with E-state index in [0.717, 1.165) is 6.04 Å². The van der Waals surface area contributed by atoms with Crippen LogP contribution in [0.5, 0.6) is 0 Å². The van der Waals surface area contributed by atoms with Crippen LogP contribution in [0.2, 0.25) is 0 Å². The van der Waals surface area contributed by atoms with Crippen LogP contribution in [0.25, 0.3) is 0 Å². The van der Waals surface area contributed by atoms with E-state index in [1.54, 1.807) is 7.11 Å². The average Bonchev–Trinajstić information content (AvgIpc) is 2.28. The number of rotatable bonds is 5. The van der Waals surface area contributed by atoms with Crippen molar-refractivity contribution < 1.29 is 4.43 Å². The van der Waals surface area contributed by atoms with Crippen LogP contribution < -0.4 is 0 Å². The maximum atomic E-state index is 5.54. The Hall–Kier alpha value is -1.12. The second kappa shape index (κ2) is 4.93. The van der Waals surface area contributed by atoms with E-state index in [4.69, 9.17) is 4.43 Å². The van der Waals surface area contributed by atoms with Gasteiger partial charge in [0.25, 0.3) is 0 Å². The highest BCUT2D eigenvalue weighted by molar-refractivity contribution is 6.82. The summed E-state index contributed by atoms with van der Waals surface area (Å²) in [7, 11) is -0.196. The fraction of sp³-hybridized carbons (Fsp3) is 0.167. The Morgan fingerprint density at radius 1 is 1.21 bits per heavy atom. The van der Waals surface area contributed by atoms with Crippen LogP contribution in [-0.2, 0) is 10.5 Å². The summed E-state index contributed by atoms with van der Waals surface area (Å²) in [5.41, 5.74) is 5.13. The largest absolute Gasteiger partial charge is 0.412 e. The molecule has 0 bridgehead atoms. The zero-order valence-corrected chi connectivity index (χ0v) is 9.57. The van der Waals surface area contributed by atoms with Gasteiger partial charge in [-0.1, -0.05) is 41.7 Å². The first-order valence-electron chi connectivity index (χ1n) is 4.62. The van der Waals surface area contributed by atoms with Gasteiger partial charge in [-0.05, 0) is 11.6 Å². The summed E-state index contributed by atoms with van der Waals surface area (Å²) < 4.78 is 5.54. The highest BCUT2D eigenvalue weighted by Crippen LogP contribution is 2.14. The standard InChI is InChI=1S/C12H16OSi/c1-4-14(5-2,13-3)11-12-9-7-6-8-10-12/h4-10H,1-2,11H2,3H3. The summed E-state index contributed by atoms with van der Waals surface area (Å²) in [5.74, 6) is 0. The maximum Gasteiger partial charge on any atom is 0.244 e. The third kappa shape index (κ3) is 2.43. The minimum atomic E-state index is -1.93. The van der Waals surface area contributed by atoms with Gasteiger partial charge >= 0.3 is 0 Å². The van der Waals surface area contributed by atoms with E-state index in [9.17, 15) is 0 Å². The van der Waals surface area contributed by atoms with Crippen LogP contribution in [0.4, 0.5) is 0 Å². The lowest BCUT2D eigenvalue weighted by Crippen LogP contribution is -2.36. The molecule has 0 aliphatic heterocycles. The Balaban J connectivity index is 2.84. The zero-order chi connectivity index (χ0) is 10.4. The van der Waals surface area contributed by atoms with Crippen molar-refractivity contribution in [2.75, 3.05) is 7.11 Å². The SMILES string of the molecule is C=C[Si](C=C)(Cc1ccccc1)OC. The first-order valence-corrected chi connectivity index (χ1v) is 6.89. The van der Waals surface area contributed by atoms with Crippen molar-refractivity contribution >= 4 is 8.32 Å². The summed E-state index contributed by atoms with van der Waals surface area (Å²) in [6, 6.07) is 11.2. The van der Waals surface area contributed by atoms with E-state index < -0.39 is 8.32 Å². The summed E-state index contributed by atoms with van der Waals surface area (Å²) in [4.78, 5) is 0. The molecular weight excluding hydrogens is 188 g/mol. The lowest BCUT2D eigenvalue weighted by molar-refractivity contribution is 0.413. The second-order valence-electron chi connectivity index (χ2n) is 3.23. The second-order valence-corrected chi connectivity index (χ2v) is 6.72. The van der Waals surface area contributed by atoms with Crippen LogP contribution in [0, 0.1) is 0 Å². The molecule has 0 N–H and O–H groups in total. The Bertz CT molecular complexity index is 297. The fourth-order valence-electron chi connectivity index (χ4n) is 1.38. The van der Waals surface area contributed by atoms with Crippen molar-refractivity contribution in [3.63, 3.8) is 0 Å². The molecule has 0 spiro atoms. The monoisotopic (exact) mass is 204 g/mol. The van der Waals surface area contributed by atoms with Gasteiger partial charge in [0.05, 0.1) is 0 Å². The highest BCUT2D eigenvalue weighted by Gasteiger charge is 2.26. The molecule has 1 nitrogen and oxygen atoms in total. The van der Waals surface area contributed by atoms with Crippen molar-refractivity contribution in [3.05, 3.63) is 60.5 Å². The van der Waals surface area contributed by atoms with Gasteiger partial charge in [-0.15, -0.1) is 13.2 Å². The molecule has 2 heteroatoms. The minimum Gasteiger partial charge on any atom is -0.412 e. The van der Waals surface area contributed by atoms with Gasteiger partial charge < -0.3 is 4.43 Å². The normalized spacial score (nSPS) is 10.9. The van der Waals surface area contributed by atoms with E-state index in [2.05, 4.69) is 25.3 Å². The fourth-order valence-corrected chi connectivity index (χ4v) is 3.19. The molecule has 0 fully saturated rings. The van der Waals surface area contributed by atoms with Gasteiger partial charge in [0.2, 0.25) is 8.32 Å². The van der Waals surface area contributed by atoms with Gasteiger partial charge in [-0.2, -0.15) is 0 Å². The van der Waals surface area contributed by atoms with Crippen molar-refractivity contribution in [1.29, 1.82) is 0 Å². The van der Waals surface area contributed by atoms with Gasteiger partial charge in [0, 0.05) is 7.11 Å². The summed E-state index contributed by atoms with van der Waals surface area (Å²) in [6.45, 7) is 7.67. The van der Waals surface area contributed by atoms with E-state index >= 15 is 0 Å². The number of hydrogen-bond donors (Lipinski definition) is 0. The van der Waals surface area contributed by atoms with Crippen LogP contribution in [0.15, 0.2) is 54.9 Å². The molecule has 14 heavy (non-hydrogen) atoms. The van der Waals surface area contributed by atoms with Crippen LogP contribution in [-0.4, -0.2) is 15.4 Å². The molecule has 0 aliphatic rings. The summed E-state index contributed by atoms with van der Waals surface area (Å²) >= 11 is 0. The Morgan fingerprint density at radius 3 is 2.21 bits per heavy atom. The number of hydrogen-bond acceptors (Lipinski definition) is 1. The third-order valence-corrected chi connectivity index (χ3v) is 5.50. The lowest BCUT2D eigenvalue weighted by atomic mass is 10.2. The zero-order valence-electron chi connectivity index (χ0n) is 8.57. The first-order chi connectivity index (χ1) is 6.76. The molecule has 0 aliphatic carbocycles. The Morgan fingerprint density at radius 2 is 1.79 bits per heavy atom. The minimum absolute atomic E-state index is 0.914. The van der Waals surface area contributed by atoms with Crippen LogP contribution >= 0.6 is 0 Å². The predicted octanol–water partition coefficient (Wildman–Crippen LogP) is 2.81. The lowest BCUT2D eigenvalue weighted by Gasteiger charge is -2.21. The molecule has 0 heterocycles. The molecule has 0 aromatic heterocycles. The van der Waals surface area contributed by atoms with Crippen LogP contribution in [0.1, 0.15) is 5.56 Å². The molecule has 0 amide bonds. The van der Waals surface area contributed by atoms with Crippen LogP contribution in [0.3, 0.4) is 0 Å². The quantitative estimate of drug-likeness (QED) is 0.670. The van der Waals surface area contributed by atoms with E-state index in [1.807, 2.05) is 29.6 Å². The molecule has 1 aromatic carbocycles. The first kappa shape index (κ1) is 11.0. The van der Waals surface area contributed by atoms with Crippen molar-refractivity contribution in [2.45, 2.75) is 6.04 Å². The van der Waals surface area contributed by atoms with Crippen molar-refractivity contribution in [2.24, 2.45) is 0 Å². The maximum absolute atomic E-state index is 5.54. The van der Waals surface area contributed by atoms with Gasteiger partial charge in [0.1, 0.15) is 0 Å². The Kier molecular flexibility index (Phi) is 3.86. The average molecular weight is 204 g/mol. The van der Waals surface area contributed by atoms with E-state index in [1.165, 1.54) is 5.56 Å². The van der Waals surface area contributed by atoms with Gasteiger partial charge in [0.15, 0.2) is 0 Å². The summed E-state index contributed by atoms with van der Waals surface area (Å²) in [6.07, 6.45) is 0. The molecule has 0 saturated heterocycles. The molecular formula is C12H16OSi. The molecule has 0 saturated carbocycles. The molecule has 74 valence electrons. The molecule has 1 rings (SSSR count). The smallest absolute Gasteiger partial charge is 0.244 e. The van der Waals surface area contributed by atoms with Crippen molar-refractivity contribution in [1.82, 2.24) is 0 Å². The predicted molar refractivity (Wildman–Crippen MR) is 63.3 cm³/mol. The highest BCUT2D eigenvalue weighted by atomic mass is 28.4. The Labute approximate surface area is 86.9 Å². The van der Waals surface area contributed by atoms with E-state index in [0.29, 0.717) is 0 Å². The third-order valence-electron chi connectivity index (χ3n) is 2.39. The number of benzene rings is 1. The topological polar surface area (TPSA) is 9.23 Å².